The van der Waals surface area contributed by atoms with E-state index >= 15 is 0 Å². The highest BCUT2D eigenvalue weighted by molar-refractivity contribution is 6.30. The monoisotopic (exact) mass is 346 g/mol. The molecule has 1 N–H and O–H groups in total. The SMILES string of the molecule is O=C(NCc1ccc(Cl)cc1)c1ccc(F)c(N2CCCC2=O)c1. The highest BCUT2D eigenvalue weighted by Gasteiger charge is 2.25. The molecule has 1 aliphatic heterocycles. The molecule has 1 heterocycles. The van der Waals surface area contributed by atoms with Crippen LogP contribution < -0.4 is 10.2 Å². The van der Waals surface area contributed by atoms with Gasteiger partial charge in [-0.25, -0.2) is 4.39 Å². The van der Waals surface area contributed by atoms with Crippen LogP contribution >= 0.6 is 11.6 Å². The summed E-state index contributed by atoms with van der Waals surface area (Å²) in [7, 11) is 0. The Hall–Kier alpha value is -2.40. The van der Waals surface area contributed by atoms with Crippen molar-refractivity contribution in [1.82, 2.24) is 5.32 Å². The molecule has 0 aromatic heterocycles. The van der Waals surface area contributed by atoms with Gasteiger partial charge in [0.25, 0.3) is 5.91 Å². The highest BCUT2D eigenvalue weighted by atomic mass is 35.5. The fourth-order valence-corrected chi connectivity index (χ4v) is 2.78. The van der Waals surface area contributed by atoms with Crippen molar-refractivity contribution < 1.29 is 14.0 Å². The molecule has 0 bridgehead atoms. The summed E-state index contributed by atoms with van der Waals surface area (Å²) in [6.45, 7) is 0.816. The summed E-state index contributed by atoms with van der Waals surface area (Å²) in [5, 5.41) is 3.40. The second-order valence-electron chi connectivity index (χ2n) is 5.62. The van der Waals surface area contributed by atoms with Crippen LogP contribution in [0.1, 0.15) is 28.8 Å². The van der Waals surface area contributed by atoms with Gasteiger partial charge in [-0.2, -0.15) is 0 Å². The second kappa shape index (κ2) is 7.01. The summed E-state index contributed by atoms with van der Waals surface area (Å²) in [5.74, 6) is -0.940. The van der Waals surface area contributed by atoms with Crippen molar-refractivity contribution in [3.63, 3.8) is 0 Å². The van der Waals surface area contributed by atoms with E-state index in [2.05, 4.69) is 5.32 Å². The molecule has 0 saturated carbocycles. The quantitative estimate of drug-likeness (QED) is 0.920. The molecule has 0 unspecified atom stereocenters. The second-order valence-corrected chi connectivity index (χ2v) is 6.06. The number of rotatable bonds is 4. The van der Waals surface area contributed by atoms with E-state index in [1.165, 1.54) is 23.1 Å². The van der Waals surface area contributed by atoms with Gasteiger partial charge in [-0.05, 0) is 42.3 Å². The minimum atomic E-state index is -0.500. The summed E-state index contributed by atoms with van der Waals surface area (Å²) >= 11 is 5.82. The van der Waals surface area contributed by atoms with Gasteiger partial charge in [-0.1, -0.05) is 23.7 Å². The normalized spacial score (nSPS) is 14.1. The third kappa shape index (κ3) is 3.57. The maximum Gasteiger partial charge on any atom is 0.251 e. The number of carbonyl (C=O) groups excluding carboxylic acids is 2. The lowest BCUT2D eigenvalue weighted by atomic mass is 10.1. The van der Waals surface area contributed by atoms with Crippen molar-refractivity contribution in [2.75, 3.05) is 11.4 Å². The number of hydrogen-bond acceptors (Lipinski definition) is 2. The van der Waals surface area contributed by atoms with Gasteiger partial charge < -0.3 is 10.2 Å². The van der Waals surface area contributed by atoms with Crippen LogP contribution in [-0.4, -0.2) is 18.4 Å². The Morgan fingerprint density at radius 2 is 1.96 bits per heavy atom. The molecular weight excluding hydrogens is 331 g/mol. The zero-order chi connectivity index (χ0) is 17.1. The van der Waals surface area contributed by atoms with Gasteiger partial charge in [0.1, 0.15) is 5.82 Å². The van der Waals surface area contributed by atoms with E-state index in [4.69, 9.17) is 11.6 Å². The van der Waals surface area contributed by atoms with E-state index in [-0.39, 0.29) is 17.5 Å². The Kier molecular flexibility index (Phi) is 4.81. The van der Waals surface area contributed by atoms with Crippen molar-refractivity contribution in [3.05, 3.63) is 64.4 Å². The lowest BCUT2D eigenvalue weighted by molar-refractivity contribution is -0.117. The number of nitrogens with zero attached hydrogens (tertiary/aromatic N) is 1. The molecule has 2 amide bonds. The van der Waals surface area contributed by atoms with Crippen molar-refractivity contribution >= 4 is 29.1 Å². The summed E-state index contributed by atoms with van der Waals surface area (Å²) in [4.78, 5) is 25.5. The van der Waals surface area contributed by atoms with Crippen molar-refractivity contribution in [2.45, 2.75) is 19.4 Å². The van der Waals surface area contributed by atoms with Gasteiger partial charge in [-0.15, -0.1) is 0 Å². The molecule has 1 saturated heterocycles. The zero-order valence-corrected chi connectivity index (χ0v) is 13.6. The van der Waals surface area contributed by atoms with Crippen LogP contribution in [0.4, 0.5) is 10.1 Å². The lowest BCUT2D eigenvalue weighted by Crippen LogP contribution is -2.26. The molecule has 24 heavy (non-hydrogen) atoms. The molecule has 1 aliphatic rings. The molecule has 1 fully saturated rings. The largest absolute Gasteiger partial charge is 0.348 e. The van der Waals surface area contributed by atoms with Gasteiger partial charge in [0, 0.05) is 30.1 Å². The Bertz CT molecular complexity index is 777. The van der Waals surface area contributed by atoms with Gasteiger partial charge in [-0.3, -0.25) is 9.59 Å². The molecule has 0 radical (unpaired) electrons. The Labute approximate surface area is 144 Å². The Morgan fingerprint density at radius 1 is 1.21 bits per heavy atom. The Morgan fingerprint density at radius 3 is 2.62 bits per heavy atom. The molecule has 0 aliphatic carbocycles. The van der Waals surface area contributed by atoms with Crippen molar-refractivity contribution in [1.29, 1.82) is 0 Å². The number of nitrogens with one attached hydrogen (secondary N) is 1. The maximum atomic E-state index is 14.0. The maximum absolute atomic E-state index is 14.0. The molecule has 0 spiro atoms. The molecule has 2 aromatic rings. The molecule has 3 rings (SSSR count). The van der Waals surface area contributed by atoms with Crippen LogP contribution in [0.5, 0.6) is 0 Å². The topological polar surface area (TPSA) is 49.4 Å². The minimum absolute atomic E-state index is 0.118. The van der Waals surface area contributed by atoms with E-state index in [0.29, 0.717) is 36.5 Å². The molecule has 6 heteroatoms. The molecule has 124 valence electrons. The third-order valence-electron chi connectivity index (χ3n) is 3.94. The number of benzene rings is 2. The van der Waals surface area contributed by atoms with Crippen LogP contribution in [0, 0.1) is 5.82 Å². The lowest BCUT2D eigenvalue weighted by Gasteiger charge is -2.17. The van der Waals surface area contributed by atoms with Crippen LogP contribution in [0.25, 0.3) is 0 Å². The zero-order valence-electron chi connectivity index (χ0n) is 12.9. The highest BCUT2D eigenvalue weighted by Crippen LogP contribution is 2.25. The predicted molar refractivity (Wildman–Crippen MR) is 90.6 cm³/mol. The molecule has 0 atom stereocenters. The van der Waals surface area contributed by atoms with Gasteiger partial charge in [0.05, 0.1) is 5.69 Å². The fourth-order valence-electron chi connectivity index (χ4n) is 2.65. The molecule has 4 nitrogen and oxygen atoms in total. The number of amides is 2. The standard InChI is InChI=1S/C18H16ClFN2O2/c19-14-6-3-12(4-7-14)11-21-18(24)13-5-8-15(20)16(10-13)22-9-1-2-17(22)23/h3-8,10H,1-2,9,11H2,(H,21,24). The van der Waals surface area contributed by atoms with Crippen molar-refractivity contribution in [2.24, 2.45) is 0 Å². The summed E-state index contributed by atoms with van der Waals surface area (Å²) in [6.07, 6.45) is 1.11. The van der Waals surface area contributed by atoms with Crippen LogP contribution in [0.2, 0.25) is 5.02 Å². The number of anilines is 1. The summed E-state index contributed by atoms with van der Waals surface area (Å²) < 4.78 is 14.0. The first-order valence-electron chi connectivity index (χ1n) is 7.67. The fraction of sp³-hybridized carbons (Fsp3) is 0.222. The number of hydrogen-bond donors (Lipinski definition) is 1. The van der Waals surface area contributed by atoms with E-state index in [1.807, 2.05) is 12.1 Å². The first-order valence-corrected chi connectivity index (χ1v) is 8.05. The van der Waals surface area contributed by atoms with Gasteiger partial charge >= 0.3 is 0 Å². The third-order valence-corrected chi connectivity index (χ3v) is 4.19. The first-order chi connectivity index (χ1) is 11.5. The number of carbonyl (C=O) groups is 2. The van der Waals surface area contributed by atoms with Gasteiger partial charge in [0.15, 0.2) is 0 Å². The first kappa shape index (κ1) is 16.5. The van der Waals surface area contributed by atoms with Gasteiger partial charge in [0.2, 0.25) is 5.91 Å². The molecule has 2 aromatic carbocycles. The summed E-state index contributed by atoms with van der Waals surface area (Å²) in [6, 6.07) is 11.2. The molecular formula is C18H16ClFN2O2. The summed E-state index contributed by atoms with van der Waals surface area (Å²) in [5.41, 5.74) is 1.39. The minimum Gasteiger partial charge on any atom is -0.348 e. The number of halogens is 2. The van der Waals surface area contributed by atoms with Crippen LogP contribution in [0.15, 0.2) is 42.5 Å². The smallest absolute Gasteiger partial charge is 0.251 e. The van der Waals surface area contributed by atoms with Crippen LogP contribution in [-0.2, 0) is 11.3 Å². The van der Waals surface area contributed by atoms with E-state index in [9.17, 15) is 14.0 Å². The van der Waals surface area contributed by atoms with E-state index in [1.54, 1.807) is 12.1 Å². The predicted octanol–water partition coefficient (Wildman–Crippen LogP) is 3.54. The van der Waals surface area contributed by atoms with E-state index < -0.39 is 5.82 Å². The van der Waals surface area contributed by atoms with Crippen LogP contribution in [0.3, 0.4) is 0 Å². The van der Waals surface area contributed by atoms with E-state index in [0.717, 1.165) is 5.56 Å². The Balaban J connectivity index is 1.73. The average Bonchev–Trinajstić information content (AvgIpc) is 3.00. The average molecular weight is 347 g/mol. The van der Waals surface area contributed by atoms with Crippen molar-refractivity contribution in [3.8, 4) is 0 Å².